The average Bonchev–Trinajstić information content (AvgIpc) is 2.94. The van der Waals surface area contributed by atoms with Gasteiger partial charge in [-0.2, -0.15) is 0 Å². The number of fused-ring (bicyclic) bond motifs is 3. The third-order valence-corrected chi connectivity index (χ3v) is 8.93. The standard InChI is InChI=1S/C27H28BrNO11/c1-9-21(32)20(29)19(28)26(39-9)40-13-7-27(37,14(31)8-30)6-11-16(13)25(36)18-17(23(11)34)22(33)10-4-3-5-12(38-2)15(10)24(18)35/h3-5,9,13,19-21,26,30,32,34,36-37H,6-8,29H2,1-2H3/t9-,13?,19-,20+,21-,26+,27?/m1/s1. The van der Waals surface area contributed by atoms with E-state index in [4.69, 9.17) is 19.9 Å². The molecule has 1 fully saturated rings. The van der Waals surface area contributed by atoms with Crippen molar-refractivity contribution in [1.82, 2.24) is 0 Å². The number of carbonyl (C=O) groups excluding carboxylic acids is 3. The van der Waals surface area contributed by atoms with Crippen LogP contribution in [0.25, 0.3) is 0 Å². The number of phenols is 2. The molecule has 1 heterocycles. The summed E-state index contributed by atoms with van der Waals surface area (Å²) < 4.78 is 17.1. The van der Waals surface area contributed by atoms with Crippen molar-refractivity contribution in [2.75, 3.05) is 13.7 Å². The van der Waals surface area contributed by atoms with E-state index in [1.54, 1.807) is 6.92 Å². The predicted molar refractivity (Wildman–Crippen MR) is 140 cm³/mol. The zero-order valence-corrected chi connectivity index (χ0v) is 23.0. The molecule has 1 saturated heterocycles. The van der Waals surface area contributed by atoms with Crippen LogP contribution >= 0.6 is 15.9 Å². The molecule has 0 amide bonds. The van der Waals surface area contributed by atoms with Crippen LogP contribution in [0, 0.1) is 0 Å². The Morgan fingerprint density at radius 2 is 1.85 bits per heavy atom. The second kappa shape index (κ2) is 10.2. The minimum atomic E-state index is -2.27. The number of ether oxygens (including phenoxy) is 3. The maximum Gasteiger partial charge on any atom is 0.202 e. The maximum absolute atomic E-state index is 13.7. The van der Waals surface area contributed by atoms with E-state index in [0.717, 1.165) is 0 Å². The Hall–Kier alpha value is -2.91. The quantitative estimate of drug-likeness (QED) is 0.169. The van der Waals surface area contributed by atoms with Gasteiger partial charge in [-0.15, -0.1) is 0 Å². The molecule has 2 aliphatic carbocycles. The number of ketones is 3. The number of phenolic OH excluding ortho intramolecular Hbond substituents is 2. The Kier molecular flexibility index (Phi) is 7.28. The fourth-order valence-corrected chi connectivity index (χ4v) is 6.28. The minimum Gasteiger partial charge on any atom is -0.507 e. The lowest BCUT2D eigenvalue weighted by atomic mass is 9.72. The van der Waals surface area contributed by atoms with Gasteiger partial charge in [0.25, 0.3) is 0 Å². The van der Waals surface area contributed by atoms with Crippen LogP contribution in [-0.2, 0) is 20.7 Å². The number of benzene rings is 2. The number of carbonyl (C=O) groups is 3. The Morgan fingerprint density at radius 1 is 1.18 bits per heavy atom. The zero-order chi connectivity index (χ0) is 29.3. The topological polar surface area (TPSA) is 206 Å². The van der Waals surface area contributed by atoms with Crippen LogP contribution < -0.4 is 10.5 Å². The van der Waals surface area contributed by atoms with E-state index in [9.17, 15) is 39.9 Å². The molecule has 2 aromatic rings. The molecule has 3 aliphatic rings. The molecule has 12 nitrogen and oxygen atoms in total. The Morgan fingerprint density at radius 3 is 2.50 bits per heavy atom. The highest BCUT2D eigenvalue weighted by Gasteiger charge is 2.51. The minimum absolute atomic E-state index is 0.0592. The summed E-state index contributed by atoms with van der Waals surface area (Å²) in [5.74, 6) is -3.85. The summed E-state index contributed by atoms with van der Waals surface area (Å²) in [6.45, 7) is 0.533. The molecule has 5 rings (SSSR count). The molecule has 0 spiro atoms. The number of halogens is 1. The van der Waals surface area contributed by atoms with Crippen molar-refractivity contribution in [3.05, 3.63) is 51.6 Å². The van der Waals surface area contributed by atoms with Crippen LogP contribution in [0.3, 0.4) is 0 Å². The van der Waals surface area contributed by atoms with Crippen molar-refractivity contribution >= 4 is 33.3 Å². The highest BCUT2D eigenvalue weighted by atomic mass is 79.9. The first kappa shape index (κ1) is 28.6. The van der Waals surface area contributed by atoms with Gasteiger partial charge in [-0.3, -0.25) is 14.4 Å². The van der Waals surface area contributed by atoms with Gasteiger partial charge in [0.2, 0.25) is 5.78 Å². The number of nitrogens with two attached hydrogens (primary N) is 1. The van der Waals surface area contributed by atoms with Crippen LogP contribution in [-0.4, -0.2) is 91.6 Å². The Bertz CT molecular complexity index is 1430. The van der Waals surface area contributed by atoms with Crippen LogP contribution in [0.1, 0.15) is 62.4 Å². The molecule has 0 aromatic heterocycles. The first-order valence-electron chi connectivity index (χ1n) is 12.5. The molecule has 2 unspecified atom stereocenters. The Labute approximate surface area is 236 Å². The molecule has 7 N–H and O–H groups in total. The van der Waals surface area contributed by atoms with Crippen molar-refractivity contribution in [1.29, 1.82) is 0 Å². The highest BCUT2D eigenvalue weighted by Crippen LogP contribution is 2.52. The van der Waals surface area contributed by atoms with Gasteiger partial charge in [0.05, 0.1) is 53.0 Å². The van der Waals surface area contributed by atoms with E-state index in [-0.39, 0.29) is 28.0 Å². The lowest BCUT2D eigenvalue weighted by Crippen LogP contribution is -2.59. The van der Waals surface area contributed by atoms with E-state index in [1.807, 2.05) is 0 Å². The van der Waals surface area contributed by atoms with E-state index < -0.39 is 100 Å². The summed E-state index contributed by atoms with van der Waals surface area (Å²) in [5.41, 5.74) is 2.36. The van der Waals surface area contributed by atoms with Gasteiger partial charge in [-0.1, -0.05) is 28.1 Å². The fourth-order valence-electron chi connectivity index (χ4n) is 5.71. The summed E-state index contributed by atoms with van der Waals surface area (Å²) in [6.07, 6.45) is -5.46. The first-order valence-corrected chi connectivity index (χ1v) is 13.4. The van der Waals surface area contributed by atoms with Gasteiger partial charge in [-0.05, 0) is 13.0 Å². The maximum atomic E-state index is 13.7. The summed E-state index contributed by atoms with van der Waals surface area (Å²) in [6, 6.07) is 3.51. The lowest BCUT2D eigenvalue weighted by molar-refractivity contribution is -0.242. The van der Waals surface area contributed by atoms with Crippen molar-refractivity contribution in [3.8, 4) is 17.2 Å². The fraction of sp³-hybridized carbons (Fsp3) is 0.444. The number of hydrogen-bond donors (Lipinski definition) is 6. The van der Waals surface area contributed by atoms with E-state index >= 15 is 0 Å². The summed E-state index contributed by atoms with van der Waals surface area (Å²) in [7, 11) is 1.32. The Balaban J connectivity index is 1.70. The largest absolute Gasteiger partial charge is 0.507 e. The highest BCUT2D eigenvalue weighted by molar-refractivity contribution is 9.09. The van der Waals surface area contributed by atoms with Crippen LogP contribution in [0.15, 0.2) is 18.2 Å². The number of hydrogen-bond acceptors (Lipinski definition) is 12. The van der Waals surface area contributed by atoms with E-state index in [1.165, 1.54) is 25.3 Å². The summed E-state index contributed by atoms with van der Waals surface area (Å²) >= 11 is 3.34. The number of methoxy groups -OCH3 is 1. The second-order valence-electron chi connectivity index (χ2n) is 10.2. The monoisotopic (exact) mass is 621 g/mol. The molecular formula is C27H28BrNO11. The number of aromatic hydroxyl groups is 2. The van der Waals surface area contributed by atoms with Crippen LogP contribution in [0.4, 0.5) is 0 Å². The molecule has 0 saturated carbocycles. The first-order chi connectivity index (χ1) is 18.9. The van der Waals surface area contributed by atoms with Crippen molar-refractivity contribution < 1.29 is 54.1 Å². The smallest absolute Gasteiger partial charge is 0.202 e. The molecule has 214 valence electrons. The van der Waals surface area contributed by atoms with Crippen LogP contribution in [0.2, 0.25) is 0 Å². The normalized spacial score (nSPS) is 31.3. The lowest BCUT2D eigenvalue weighted by Gasteiger charge is -2.44. The third-order valence-electron chi connectivity index (χ3n) is 7.89. The molecular weight excluding hydrogens is 594 g/mol. The van der Waals surface area contributed by atoms with E-state index in [0.29, 0.717) is 0 Å². The third kappa shape index (κ3) is 4.15. The number of Topliss-reactive ketones (excluding diaryl/α,β-unsaturated/α-hetero) is 1. The second-order valence-corrected chi connectivity index (χ2v) is 11.3. The summed E-state index contributed by atoms with van der Waals surface area (Å²) in [4.78, 5) is 39.1. The molecule has 40 heavy (non-hydrogen) atoms. The number of aliphatic hydroxyl groups is 3. The van der Waals surface area contributed by atoms with Crippen molar-refractivity contribution in [2.45, 2.75) is 60.8 Å². The van der Waals surface area contributed by atoms with Crippen molar-refractivity contribution in [3.63, 3.8) is 0 Å². The average molecular weight is 622 g/mol. The van der Waals surface area contributed by atoms with Gasteiger partial charge in [0.15, 0.2) is 17.9 Å². The van der Waals surface area contributed by atoms with Gasteiger partial charge < -0.3 is 45.5 Å². The van der Waals surface area contributed by atoms with Gasteiger partial charge in [-0.25, -0.2) is 0 Å². The number of rotatable bonds is 5. The number of aliphatic hydroxyl groups excluding tert-OH is 2. The van der Waals surface area contributed by atoms with Gasteiger partial charge in [0.1, 0.15) is 29.5 Å². The molecule has 7 atom stereocenters. The molecule has 13 heteroatoms. The van der Waals surface area contributed by atoms with Gasteiger partial charge >= 0.3 is 0 Å². The summed E-state index contributed by atoms with van der Waals surface area (Å²) in [5, 5.41) is 54.0. The van der Waals surface area contributed by atoms with Gasteiger partial charge in [0, 0.05) is 29.5 Å². The van der Waals surface area contributed by atoms with E-state index in [2.05, 4.69) is 15.9 Å². The molecule has 1 aliphatic heterocycles. The predicted octanol–water partition coefficient (Wildman–Crippen LogP) is 0.375. The molecule has 0 bridgehead atoms. The van der Waals surface area contributed by atoms with Crippen LogP contribution in [0.5, 0.6) is 17.2 Å². The number of alkyl halides is 1. The zero-order valence-electron chi connectivity index (χ0n) is 21.5. The molecule has 0 radical (unpaired) electrons. The molecule has 2 aromatic carbocycles. The SMILES string of the molecule is COc1cccc2c1C(=O)c1c(O)c3c(c(O)c1C2=O)CC(O)(C(=O)CO)CC3O[C@@H]1O[C@H](C)[C@@H](O)[C@@H](N)[C@H]1Br. The van der Waals surface area contributed by atoms with Crippen molar-refractivity contribution in [2.24, 2.45) is 5.73 Å².